The molecule has 0 spiro atoms. The van der Waals surface area contributed by atoms with Crippen LogP contribution in [0.3, 0.4) is 0 Å². The zero-order valence-electron chi connectivity index (χ0n) is 20.0. The van der Waals surface area contributed by atoms with Crippen molar-refractivity contribution in [3.8, 4) is 5.75 Å². The van der Waals surface area contributed by atoms with E-state index in [2.05, 4.69) is 30.6 Å². The van der Waals surface area contributed by atoms with Crippen LogP contribution in [0.25, 0.3) is 5.57 Å². The van der Waals surface area contributed by atoms with Gasteiger partial charge >= 0.3 is 0 Å². The third kappa shape index (κ3) is 4.22. The molecule has 0 unspecified atom stereocenters. The molecule has 2 aliphatic rings. The first-order valence-electron chi connectivity index (χ1n) is 11.9. The van der Waals surface area contributed by atoms with Crippen molar-refractivity contribution >= 4 is 28.8 Å². The molecule has 4 rings (SSSR count). The fourth-order valence-corrected chi connectivity index (χ4v) is 4.77. The summed E-state index contributed by atoms with van der Waals surface area (Å²) >= 11 is 0. The minimum Gasteiger partial charge on any atom is -0.496 e. The van der Waals surface area contributed by atoms with Gasteiger partial charge in [0, 0.05) is 37.4 Å². The standard InChI is InChI=1S/C27H33N3O3/c1-5-28(6-2)20-11-13-21(14-12-20)30-26(31)24(22-9-7-8-10-23(22)33-4)25(27(30)32)29-17-15-19(3)16-18-29/h7-14,19H,5-6,15-18H2,1-4H3. The highest BCUT2D eigenvalue weighted by Gasteiger charge is 2.43. The topological polar surface area (TPSA) is 53.1 Å². The molecular weight excluding hydrogens is 414 g/mol. The fraction of sp³-hybridized carbons (Fsp3) is 0.407. The number of likely N-dealkylation sites (tertiary alicyclic amines) is 1. The van der Waals surface area contributed by atoms with E-state index >= 15 is 0 Å². The molecule has 1 fully saturated rings. The van der Waals surface area contributed by atoms with E-state index in [1.807, 2.05) is 48.5 Å². The number of imide groups is 1. The Morgan fingerprint density at radius 1 is 0.939 bits per heavy atom. The first-order chi connectivity index (χ1) is 16.0. The lowest BCUT2D eigenvalue weighted by atomic mass is 9.97. The van der Waals surface area contributed by atoms with Gasteiger partial charge in [-0.05, 0) is 62.9 Å². The number of piperidine rings is 1. The lowest BCUT2D eigenvalue weighted by Crippen LogP contribution is -2.38. The number of benzene rings is 2. The van der Waals surface area contributed by atoms with Gasteiger partial charge in [-0.15, -0.1) is 0 Å². The van der Waals surface area contributed by atoms with Crippen LogP contribution in [0, 0.1) is 5.92 Å². The fourth-order valence-electron chi connectivity index (χ4n) is 4.77. The maximum Gasteiger partial charge on any atom is 0.282 e. The molecule has 1 saturated heterocycles. The van der Waals surface area contributed by atoms with Gasteiger partial charge in [0.2, 0.25) is 0 Å². The normalized spacial score (nSPS) is 17.2. The molecule has 0 aliphatic carbocycles. The summed E-state index contributed by atoms with van der Waals surface area (Å²) in [4.78, 5) is 33.2. The predicted octanol–water partition coefficient (Wildman–Crippen LogP) is 4.56. The van der Waals surface area contributed by atoms with E-state index in [1.54, 1.807) is 7.11 Å². The van der Waals surface area contributed by atoms with Gasteiger partial charge in [0.05, 0.1) is 18.4 Å². The largest absolute Gasteiger partial charge is 0.496 e. The van der Waals surface area contributed by atoms with E-state index in [4.69, 9.17) is 4.74 Å². The number of carbonyl (C=O) groups is 2. The van der Waals surface area contributed by atoms with Gasteiger partial charge < -0.3 is 14.5 Å². The maximum absolute atomic E-state index is 13.8. The molecule has 2 aromatic carbocycles. The Kier molecular flexibility index (Phi) is 6.72. The molecule has 174 valence electrons. The maximum atomic E-state index is 13.8. The Bertz CT molecular complexity index is 1050. The molecule has 0 saturated carbocycles. The van der Waals surface area contributed by atoms with Crippen LogP contribution < -0.4 is 14.5 Å². The summed E-state index contributed by atoms with van der Waals surface area (Å²) in [7, 11) is 1.59. The number of para-hydroxylation sites is 1. The van der Waals surface area contributed by atoms with E-state index in [9.17, 15) is 9.59 Å². The van der Waals surface area contributed by atoms with Crippen LogP contribution in [0.2, 0.25) is 0 Å². The van der Waals surface area contributed by atoms with Gasteiger partial charge in [-0.25, -0.2) is 4.90 Å². The molecule has 0 radical (unpaired) electrons. The smallest absolute Gasteiger partial charge is 0.282 e. The quantitative estimate of drug-likeness (QED) is 0.583. The zero-order valence-corrected chi connectivity index (χ0v) is 20.0. The molecule has 2 aromatic rings. The van der Waals surface area contributed by atoms with Crippen molar-refractivity contribution in [2.75, 3.05) is 43.1 Å². The van der Waals surface area contributed by atoms with E-state index in [-0.39, 0.29) is 11.8 Å². The molecule has 0 bridgehead atoms. The molecule has 2 amide bonds. The summed E-state index contributed by atoms with van der Waals surface area (Å²) in [6.45, 7) is 9.78. The van der Waals surface area contributed by atoms with Crippen molar-refractivity contribution in [2.24, 2.45) is 5.92 Å². The average molecular weight is 448 g/mol. The second-order valence-electron chi connectivity index (χ2n) is 8.73. The zero-order chi connectivity index (χ0) is 23.5. The van der Waals surface area contributed by atoms with Crippen molar-refractivity contribution in [1.82, 2.24) is 4.90 Å². The van der Waals surface area contributed by atoms with Crippen molar-refractivity contribution < 1.29 is 14.3 Å². The highest BCUT2D eigenvalue weighted by atomic mass is 16.5. The van der Waals surface area contributed by atoms with Crippen LogP contribution in [0.1, 0.15) is 39.2 Å². The average Bonchev–Trinajstić information content (AvgIpc) is 3.10. The molecule has 0 atom stereocenters. The molecule has 0 aromatic heterocycles. The Labute approximate surface area is 196 Å². The lowest BCUT2D eigenvalue weighted by Gasteiger charge is -2.32. The van der Waals surface area contributed by atoms with Crippen molar-refractivity contribution in [3.63, 3.8) is 0 Å². The molecule has 2 aliphatic heterocycles. The number of nitrogens with zero attached hydrogens (tertiary/aromatic N) is 3. The van der Waals surface area contributed by atoms with Crippen LogP contribution in [-0.2, 0) is 9.59 Å². The first kappa shape index (κ1) is 22.9. The summed E-state index contributed by atoms with van der Waals surface area (Å²) < 4.78 is 5.56. The number of amides is 2. The molecule has 6 heteroatoms. The third-order valence-corrected chi connectivity index (χ3v) is 6.77. The van der Waals surface area contributed by atoms with Crippen molar-refractivity contribution in [3.05, 3.63) is 59.8 Å². The van der Waals surface area contributed by atoms with Gasteiger partial charge in [0.25, 0.3) is 11.8 Å². The minimum atomic E-state index is -0.297. The summed E-state index contributed by atoms with van der Waals surface area (Å²) in [5.74, 6) is 0.655. The third-order valence-electron chi connectivity index (χ3n) is 6.77. The lowest BCUT2D eigenvalue weighted by molar-refractivity contribution is -0.120. The van der Waals surface area contributed by atoms with Crippen molar-refractivity contribution in [1.29, 1.82) is 0 Å². The molecular formula is C27H33N3O3. The molecule has 0 N–H and O–H groups in total. The van der Waals surface area contributed by atoms with Gasteiger partial charge in [0.15, 0.2) is 0 Å². The monoisotopic (exact) mass is 447 g/mol. The Hall–Kier alpha value is -3.28. The van der Waals surface area contributed by atoms with E-state index in [1.165, 1.54) is 4.90 Å². The van der Waals surface area contributed by atoms with E-state index < -0.39 is 0 Å². The highest BCUT2D eigenvalue weighted by molar-refractivity contribution is 6.45. The first-order valence-corrected chi connectivity index (χ1v) is 11.9. The molecule has 2 heterocycles. The summed E-state index contributed by atoms with van der Waals surface area (Å²) in [6, 6.07) is 15.1. The number of ether oxygens (including phenoxy) is 1. The van der Waals surface area contributed by atoms with Crippen LogP contribution >= 0.6 is 0 Å². The minimum absolute atomic E-state index is 0.258. The Morgan fingerprint density at radius 3 is 2.18 bits per heavy atom. The molecule has 6 nitrogen and oxygen atoms in total. The van der Waals surface area contributed by atoms with E-state index in [0.717, 1.165) is 44.7 Å². The van der Waals surface area contributed by atoms with E-state index in [0.29, 0.717) is 34.2 Å². The molecule has 33 heavy (non-hydrogen) atoms. The number of rotatable bonds is 7. The van der Waals surface area contributed by atoms with Crippen LogP contribution in [-0.4, -0.2) is 50.0 Å². The van der Waals surface area contributed by atoms with Crippen LogP contribution in [0.4, 0.5) is 11.4 Å². The van der Waals surface area contributed by atoms with Gasteiger partial charge in [-0.2, -0.15) is 0 Å². The number of carbonyl (C=O) groups excluding carboxylic acids is 2. The number of methoxy groups -OCH3 is 1. The number of hydrogen-bond donors (Lipinski definition) is 0. The summed E-state index contributed by atoms with van der Waals surface area (Å²) in [6.07, 6.45) is 2.01. The summed E-state index contributed by atoms with van der Waals surface area (Å²) in [5, 5.41) is 0. The Balaban J connectivity index is 1.76. The Morgan fingerprint density at radius 2 is 1.58 bits per heavy atom. The van der Waals surface area contributed by atoms with Crippen molar-refractivity contribution in [2.45, 2.75) is 33.6 Å². The SMILES string of the molecule is CCN(CC)c1ccc(N2C(=O)C(c3ccccc3OC)=C(N3CCC(C)CC3)C2=O)cc1. The predicted molar refractivity (Wildman–Crippen MR) is 132 cm³/mol. The second-order valence-corrected chi connectivity index (χ2v) is 8.73. The van der Waals surface area contributed by atoms with Gasteiger partial charge in [-0.1, -0.05) is 25.1 Å². The number of anilines is 2. The van der Waals surface area contributed by atoms with Crippen LogP contribution in [0.5, 0.6) is 5.75 Å². The number of hydrogen-bond acceptors (Lipinski definition) is 5. The summed E-state index contributed by atoms with van der Waals surface area (Å²) in [5.41, 5.74) is 3.25. The van der Waals surface area contributed by atoms with Gasteiger partial charge in [0.1, 0.15) is 11.4 Å². The van der Waals surface area contributed by atoms with Gasteiger partial charge in [-0.3, -0.25) is 9.59 Å². The van der Waals surface area contributed by atoms with Crippen LogP contribution in [0.15, 0.2) is 54.2 Å². The second kappa shape index (κ2) is 9.69. The highest BCUT2D eigenvalue weighted by Crippen LogP contribution is 2.39.